The Morgan fingerprint density at radius 1 is 1.10 bits per heavy atom. The molecule has 154 valence electrons. The molecule has 0 bridgehead atoms. The Balaban J connectivity index is 1.54. The molecule has 1 amide bonds. The van der Waals surface area contributed by atoms with Gasteiger partial charge < -0.3 is 15.4 Å². The van der Waals surface area contributed by atoms with Gasteiger partial charge in [-0.05, 0) is 30.7 Å². The fourth-order valence-electron chi connectivity index (χ4n) is 4.07. The second-order valence-electron chi connectivity index (χ2n) is 7.75. The first-order valence-electron chi connectivity index (χ1n) is 10.1. The van der Waals surface area contributed by atoms with Crippen LogP contribution >= 0.6 is 0 Å². The minimum Gasteiger partial charge on any atom is -0.497 e. The van der Waals surface area contributed by atoms with E-state index in [1.54, 1.807) is 12.0 Å². The highest BCUT2D eigenvalue weighted by Gasteiger charge is 2.32. The predicted molar refractivity (Wildman–Crippen MR) is 121 cm³/mol. The number of nitrogen functional groups attached to an aromatic ring is 1. The normalized spacial score (nSPS) is 13.0. The van der Waals surface area contributed by atoms with Crippen molar-refractivity contribution in [3.05, 3.63) is 83.3 Å². The predicted octanol–water partition coefficient (Wildman–Crippen LogP) is 4.35. The first-order chi connectivity index (χ1) is 15.0. The van der Waals surface area contributed by atoms with Crippen LogP contribution in [0, 0.1) is 6.92 Å². The number of fused-ring (bicyclic) bond motifs is 2. The van der Waals surface area contributed by atoms with E-state index in [0.29, 0.717) is 24.3 Å². The highest BCUT2D eigenvalue weighted by atomic mass is 16.5. The monoisotopic (exact) mass is 410 g/mol. The minimum absolute atomic E-state index is 0.0832. The number of hydrogen-bond donors (Lipinski definition) is 1. The van der Waals surface area contributed by atoms with E-state index in [-0.39, 0.29) is 5.91 Å². The number of nitrogens with two attached hydrogens (primary N) is 1. The minimum atomic E-state index is -0.0832. The van der Waals surface area contributed by atoms with Crippen molar-refractivity contribution in [2.75, 3.05) is 12.8 Å². The molecule has 0 fully saturated rings. The van der Waals surface area contributed by atoms with Gasteiger partial charge in [0, 0.05) is 34.9 Å². The number of para-hydroxylation sites is 1. The summed E-state index contributed by atoms with van der Waals surface area (Å²) >= 11 is 0. The van der Waals surface area contributed by atoms with Gasteiger partial charge >= 0.3 is 0 Å². The van der Waals surface area contributed by atoms with Crippen LogP contribution < -0.4 is 10.5 Å². The first-order valence-corrected chi connectivity index (χ1v) is 10.1. The third-order valence-electron chi connectivity index (χ3n) is 5.73. The van der Waals surface area contributed by atoms with E-state index >= 15 is 0 Å². The van der Waals surface area contributed by atoms with Gasteiger partial charge in [0.05, 0.1) is 36.1 Å². The number of aryl methyl sites for hydroxylation is 1. The van der Waals surface area contributed by atoms with Crippen molar-refractivity contribution in [3.8, 4) is 16.9 Å². The average molecular weight is 410 g/mol. The van der Waals surface area contributed by atoms with E-state index in [1.165, 1.54) is 0 Å². The van der Waals surface area contributed by atoms with Gasteiger partial charge in [-0.3, -0.25) is 9.78 Å². The summed E-state index contributed by atoms with van der Waals surface area (Å²) in [4.78, 5) is 24.2. The van der Waals surface area contributed by atoms with Crippen LogP contribution in [0.25, 0.3) is 22.0 Å². The topological polar surface area (TPSA) is 81.3 Å². The van der Waals surface area contributed by atoms with Gasteiger partial charge in [-0.15, -0.1) is 0 Å². The van der Waals surface area contributed by atoms with Gasteiger partial charge in [0.25, 0.3) is 5.91 Å². The number of hydrogen-bond acceptors (Lipinski definition) is 5. The molecule has 0 saturated heterocycles. The summed E-state index contributed by atoms with van der Waals surface area (Å²) in [6, 6.07) is 17.6. The second-order valence-corrected chi connectivity index (χ2v) is 7.75. The number of carbonyl (C=O) groups excluding carboxylic acids is 1. The largest absolute Gasteiger partial charge is 0.497 e. The van der Waals surface area contributed by atoms with Gasteiger partial charge in [0.1, 0.15) is 5.75 Å². The average Bonchev–Trinajstić information content (AvgIpc) is 3.10. The van der Waals surface area contributed by atoms with E-state index in [1.807, 2.05) is 67.7 Å². The number of anilines is 1. The lowest BCUT2D eigenvalue weighted by Gasteiger charge is -2.15. The molecule has 31 heavy (non-hydrogen) atoms. The molecule has 0 aliphatic carbocycles. The molecule has 1 aliphatic heterocycles. The summed E-state index contributed by atoms with van der Waals surface area (Å²) in [5.74, 6) is 0.704. The van der Waals surface area contributed by atoms with Crippen molar-refractivity contribution in [2.45, 2.75) is 20.0 Å². The van der Waals surface area contributed by atoms with Crippen LogP contribution in [0.2, 0.25) is 0 Å². The number of carbonyl (C=O) groups is 1. The Labute approximate surface area is 180 Å². The quantitative estimate of drug-likeness (QED) is 0.541. The van der Waals surface area contributed by atoms with Crippen molar-refractivity contribution in [1.82, 2.24) is 14.9 Å². The van der Waals surface area contributed by atoms with Crippen LogP contribution in [0.1, 0.15) is 27.3 Å². The van der Waals surface area contributed by atoms with Gasteiger partial charge in [-0.2, -0.15) is 0 Å². The SMILES string of the molecule is COc1ccc(CN2Cc3nc4c(-c5ccc(C)nc5)cccc4c(N)c3C2=O)cc1. The van der Waals surface area contributed by atoms with Crippen molar-refractivity contribution in [1.29, 1.82) is 0 Å². The number of aromatic nitrogens is 2. The van der Waals surface area contributed by atoms with Crippen molar-refractivity contribution in [2.24, 2.45) is 0 Å². The number of methoxy groups -OCH3 is 1. The lowest BCUT2D eigenvalue weighted by atomic mass is 10.00. The van der Waals surface area contributed by atoms with E-state index < -0.39 is 0 Å². The summed E-state index contributed by atoms with van der Waals surface area (Å²) in [5.41, 5.74) is 12.9. The van der Waals surface area contributed by atoms with Crippen LogP contribution in [0.4, 0.5) is 5.69 Å². The molecule has 0 radical (unpaired) electrons. The van der Waals surface area contributed by atoms with Crippen LogP contribution in [0.3, 0.4) is 0 Å². The molecule has 0 atom stereocenters. The van der Waals surface area contributed by atoms with Crippen LogP contribution in [0.15, 0.2) is 60.8 Å². The Hall–Kier alpha value is -3.93. The molecule has 1 aliphatic rings. The zero-order valence-electron chi connectivity index (χ0n) is 17.4. The molecular formula is C25H22N4O2. The number of nitrogens with zero attached hydrogens (tertiary/aromatic N) is 3. The molecule has 0 spiro atoms. The second kappa shape index (κ2) is 7.40. The molecule has 4 aromatic rings. The highest BCUT2D eigenvalue weighted by molar-refractivity contribution is 6.11. The maximum Gasteiger partial charge on any atom is 0.258 e. The van der Waals surface area contributed by atoms with Gasteiger partial charge in [0.2, 0.25) is 0 Å². The molecule has 6 heteroatoms. The van der Waals surface area contributed by atoms with E-state index in [4.69, 9.17) is 15.5 Å². The van der Waals surface area contributed by atoms with Crippen molar-refractivity contribution in [3.63, 3.8) is 0 Å². The Morgan fingerprint density at radius 2 is 1.90 bits per heavy atom. The molecule has 3 heterocycles. The third-order valence-corrected chi connectivity index (χ3v) is 5.73. The molecule has 0 unspecified atom stereocenters. The molecule has 2 N–H and O–H groups in total. The molecule has 6 nitrogen and oxygen atoms in total. The lowest BCUT2D eigenvalue weighted by Crippen LogP contribution is -2.23. The van der Waals surface area contributed by atoms with Crippen molar-refractivity contribution < 1.29 is 9.53 Å². The number of amides is 1. The summed E-state index contributed by atoms with van der Waals surface area (Å²) in [6.45, 7) is 2.88. The first kappa shape index (κ1) is 19.1. The zero-order valence-corrected chi connectivity index (χ0v) is 17.4. The van der Waals surface area contributed by atoms with Crippen molar-refractivity contribution >= 4 is 22.5 Å². The van der Waals surface area contributed by atoms with Crippen LogP contribution in [-0.4, -0.2) is 27.9 Å². The van der Waals surface area contributed by atoms with E-state index in [0.717, 1.165) is 44.7 Å². The molecular weight excluding hydrogens is 388 g/mol. The zero-order chi connectivity index (χ0) is 21.5. The van der Waals surface area contributed by atoms with Crippen LogP contribution in [0.5, 0.6) is 5.75 Å². The third kappa shape index (κ3) is 3.26. The number of pyridine rings is 2. The number of ether oxygens (including phenoxy) is 1. The Kier molecular flexibility index (Phi) is 4.55. The summed E-state index contributed by atoms with van der Waals surface area (Å²) in [7, 11) is 1.63. The van der Waals surface area contributed by atoms with Gasteiger partial charge in [-0.1, -0.05) is 36.4 Å². The Bertz CT molecular complexity index is 1300. The number of benzene rings is 2. The maximum atomic E-state index is 13.2. The van der Waals surface area contributed by atoms with Gasteiger partial charge in [-0.25, -0.2) is 4.98 Å². The van der Waals surface area contributed by atoms with E-state index in [9.17, 15) is 4.79 Å². The maximum absolute atomic E-state index is 13.2. The lowest BCUT2D eigenvalue weighted by molar-refractivity contribution is 0.0767. The van der Waals surface area contributed by atoms with Crippen LogP contribution in [-0.2, 0) is 13.1 Å². The number of rotatable bonds is 4. The Morgan fingerprint density at radius 3 is 2.61 bits per heavy atom. The molecule has 2 aromatic heterocycles. The molecule has 5 rings (SSSR count). The molecule has 2 aromatic carbocycles. The standard InChI is InChI=1S/C25H22N4O2/c1-15-6-9-17(12-27-15)19-4-3-5-20-23(26)22-21(28-24(19)20)14-29(25(22)30)13-16-7-10-18(31-2)11-8-16/h3-12H,13-14H2,1-2H3,(H2,26,28). The summed E-state index contributed by atoms with van der Waals surface area (Å²) < 4.78 is 5.21. The fraction of sp³-hybridized carbons (Fsp3) is 0.160. The fourth-order valence-corrected chi connectivity index (χ4v) is 4.07. The van der Waals surface area contributed by atoms with E-state index in [2.05, 4.69) is 4.98 Å². The molecule has 0 saturated carbocycles. The summed E-state index contributed by atoms with van der Waals surface area (Å²) in [6.07, 6.45) is 1.84. The smallest absolute Gasteiger partial charge is 0.258 e. The highest BCUT2D eigenvalue weighted by Crippen LogP contribution is 2.36. The summed E-state index contributed by atoms with van der Waals surface area (Å²) in [5, 5.41) is 0.788. The van der Waals surface area contributed by atoms with Gasteiger partial charge in [0.15, 0.2) is 0 Å².